The number of benzene rings is 1. The van der Waals surface area contributed by atoms with Crippen LogP contribution in [0.25, 0.3) is 22.6 Å². The van der Waals surface area contributed by atoms with Crippen molar-refractivity contribution < 1.29 is 68.9 Å². The summed E-state index contributed by atoms with van der Waals surface area (Å²) in [4.78, 5) is 40.3. The molecule has 13 nitrogen and oxygen atoms in total. The molecule has 162 valence electrons. The third-order valence-corrected chi connectivity index (χ3v) is 4.97. The molecular weight excluding hydrogens is 446 g/mol. The molecule has 0 spiro atoms. The van der Waals surface area contributed by atoms with Gasteiger partial charge in [0, 0.05) is 5.88 Å². The second kappa shape index (κ2) is 9.55. The Hall–Kier alpha value is -1.51. The second-order valence-electron chi connectivity index (χ2n) is 6.68. The van der Waals surface area contributed by atoms with Gasteiger partial charge in [0.1, 0.15) is 17.9 Å². The van der Waals surface area contributed by atoms with E-state index in [1.165, 1.54) is 4.57 Å². The number of nitrogens with zero attached hydrogens (tertiary/aromatic N) is 4. The number of aliphatic hydroxyl groups is 3. The number of aryl methyl sites for hydroxylation is 2. The molecule has 0 saturated carbocycles. The molecule has 31 heavy (non-hydrogen) atoms. The number of phosphoric acid groups is 1. The van der Waals surface area contributed by atoms with Gasteiger partial charge in [-0.15, -0.1) is 0 Å². The second-order valence-corrected chi connectivity index (χ2v) is 7.87. The van der Waals surface area contributed by atoms with Crippen molar-refractivity contribution in [1.29, 1.82) is 0 Å². The molecule has 1 aromatic carbocycles. The molecule has 0 aliphatic carbocycles. The Morgan fingerprint density at radius 1 is 1.13 bits per heavy atom. The molecule has 15 heteroatoms. The molecule has 0 fully saturated rings. The van der Waals surface area contributed by atoms with Gasteiger partial charge in [0.05, 0.1) is 17.6 Å². The average Bonchev–Trinajstić information content (AvgIpc) is 2.61. The number of aromatic nitrogens is 4. The zero-order chi connectivity index (χ0) is 22.4. The number of aliphatic hydroxyl groups excluding tert-OH is 3. The van der Waals surface area contributed by atoms with Crippen LogP contribution in [0.5, 0.6) is 5.88 Å². The minimum absolute atomic E-state index is 0. The number of hydrogen-bond acceptors (Lipinski definition) is 10. The van der Waals surface area contributed by atoms with Gasteiger partial charge in [0.25, 0.3) is 0 Å². The van der Waals surface area contributed by atoms with Crippen LogP contribution in [-0.4, -0.2) is 63.1 Å². The quantitative estimate of drug-likeness (QED) is 0.101. The van der Waals surface area contributed by atoms with E-state index in [0.717, 1.165) is 11.1 Å². The Balaban J connectivity index is 0.00000341. The maximum atomic E-state index is 12.1. The Bertz CT molecular complexity index is 1180. The van der Waals surface area contributed by atoms with Gasteiger partial charge in [-0.05, 0) is 37.1 Å². The first-order valence-corrected chi connectivity index (χ1v) is 10.0. The minimum atomic E-state index is -5.14. The van der Waals surface area contributed by atoms with Crippen LogP contribution in [0.2, 0.25) is 0 Å². The fourth-order valence-corrected chi connectivity index (χ4v) is 3.30. The summed E-state index contributed by atoms with van der Waals surface area (Å²) in [6.45, 7) is 3.08. The third kappa shape index (κ3) is 5.65. The Morgan fingerprint density at radius 3 is 2.35 bits per heavy atom. The van der Waals surface area contributed by atoms with Gasteiger partial charge in [0.2, 0.25) is 0 Å². The largest absolute Gasteiger partial charge is 1.00 e. The molecule has 2 aliphatic heterocycles. The van der Waals surface area contributed by atoms with Gasteiger partial charge in [-0.1, -0.05) is 0 Å². The molecule has 0 amide bonds. The molecule has 0 bridgehead atoms. The topological polar surface area (TPSA) is 211 Å². The standard InChI is InChI=1S/C16H19N4O9P.Na/c1-6-3-8-9(4-7(6)2)20(13-11(17-8)14(23)19-16(25)18-13)5-10(21)12(22)15(24)29-30(26,27)28;/h3-4,10,12,15,21-22,24H,5H2,1-2H3,(H,19,23,25)(H2,26,27,28);/q;+1/p-1. The monoisotopic (exact) mass is 464 g/mol. The van der Waals surface area contributed by atoms with E-state index in [1.807, 2.05) is 6.92 Å². The molecule has 2 heterocycles. The van der Waals surface area contributed by atoms with Crippen molar-refractivity contribution in [3.8, 4) is 17.4 Å². The normalized spacial score (nSPS) is 14.9. The van der Waals surface area contributed by atoms with Crippen molar-refractivity contribution in [2.45, 2.75) is 38.9 Å². The van der Waals surface area contributed by atoms with Gasteiger partial charge in [-0.2, -0.15) is 4.98 Å². The van der Waals surface area contributed by atoms with Crippen LogP contribution in [0.15, 0.2) is 16.9 Å². The Labute approximate surface area is 196 Å². The van der Waals surface area contributed by atoms with Crippen molar-refractivity contribution >= 4 is 18.9 Å². The summed E-state index contributed by atoms with van der Waals surface area (Å²) in [5, 5.41) is 42.1. The van der Waals surface area contributed by atoms with Crippen molar-refractivity contribution in [3.63, 3.8) is 0 Å². The van der Waals surface area contributed by atoms with E-state index in [9.17, 15) is 29.8 Å². The first-order valence-electron chi connectivity index (χ1n) is 8.52. The molecule has 3 rings (SSSR count). The summed E-state index contributed by atoms with van der Waals surface area (Å²) in [5.74, 6) is -1.15. The SMILES string of the molecule is Cc1cc2nc3c([O-])nc(=O)nc-3n(CC(O)C(O)C(O)OP(=O)(O)O)c2cc1C.[Na+]. The fraction of sp³-hybridized carbons (Fsp3) is 0.375. The van der Waals surface area contributed by atoms with Crippen molar-refractivity contribution in [1.82, 2.24) is 19.5 Å². The first-order chi connectivity index (χ1) is 13.9. The van der Waals surface area contributed by atoms with Crippen LogP contribution in [0.4, 0.5) is 0 Å². The van der Waals surface area contributed by atoms with Crippen LogP contribution in [-0.2, 0) is 15.6 Å². The maximum absolute atomic E-state index is 12.1. The minimum Gasteiger partial charge on any atom is -0.857 e. The van der Waals surface area contributed by atoms with Gasteiger partial charge < -0.3 is 34.8 Å². The summed E-state index contributed by atoms with van der Waals surface area (Å²) in [6, 6.07) is 3.33. The number of phosphoric ester groups is 1. The van der Waals surface area contributed by atoms with E-state index in [-0.39, 0.29) is 41.1 Å². The zero-order valence-electron chi connectivity index (χ0n) is 16.7. The van der Waals surface area contributed by atoms with Gasteiger partial charge in [-0.25, -0.2) is 19.3 Å². The van der Waals surface area contributed by atoms with Crippen LogP contribution < -0.4 is 40.4 Å². The van der Waals surface area contributed by atoms with E-state index in [2.05, 4.69) is 19.5 Å². The molecule has 1 aromatic rings. The average molecular weight is 464 g/mol. The van der Waals surface area contributed by atoms with E-state index < -0.39 is 44.4 Å². The van der Waals surface area contributed by atoms with Gasteiger partial charge in [0.15, 0.2) is 12.1 Å². The molecule has 3 atom stereocenters. The summed E-state index contributed by atoms with van der Waals surface area (Å²) in [6.07, 6.45) is -6.40. The molecular formula is C16H18N4NaO9P. The summed E-state index contributed by atoms with van der Waals surface area (Å²) >= 11 is 0. The molecule has 0 saturated heterocycles. The maximum Gasteiger partial charge on any atom is 1.00 e. The molecule has 2 aliphatic rings. The third-order valence-electron chi connectivity index (χ3n) is 4.48. The van der Waals surface area contributed by atoms with E-state index in [1.54, 1.807) is 19.1 Å². The summed E-state index contributed by atoms with van der Waals surface area (Å²) in [7, 11) is -5.14. The number of hydrogen-bond donors (Lipinski definition) is 5. The summed E-state index contributed by atoms with van der Waals surface area (Å²) in [5.41, 5.74) is 1.00. The Kier molecular flexibility index (Phi) is 7.93. The van der Waals surface area contributed by atoms with Crippen LogP contribution in [0.3, 0.4) is 0 Å². The van der Waals surface area contributed by atoms with Crippen molar-refractivity contribution in [2.75, 3.05) is 0 Å². The summed E-state index contributed by atoms with van der Waals surface area (Å²) < 4.78 is 16.0. The van der Waals surface area contributed by atoms with Gasteiger partial charge in [-0.3, -0.25) is 4.52 Å². The smallest absolute Gasteiger partial charge is 0.857 e. The molecule has 5 N–H and O–H groups in total. The van der Waals surface area contributed by atoms with Crippen LogP contribution >= 0.6 is 7.82 Å². The first kappa shape index (κ1) is 25.7. The van der Waals surface area contributed by atoms with Crippen LogP contribution in [0.1, 0.15) is 11.1 Å². The number of rotatable bonds is 6. The zero-order valence-corrected chi connectivity index (χ0v) is 19.6. The van der Waals surface area contributed by atoms with E-state index >= 15 is 0 Å². The van der Waals surface area contributed by atoms with E-state index in [0.29, 0.717) is 11.0 Å². The predicted molar refractivity (Wildman–Crippen MR) is 98.3 cm³/mol. The van der Waals surface area contributed by atoms with Crippen molar-refractivity contribution in [3.05, 3.63) is 33.7 Å². The Morgan fingerprint density at radius 2 is 1.74 bits per heavy atom. The predicted octanol–water partition coefficient (Wildman–Crippen LogP) is -4.86. The number of fused-ring (bicyclic) bond motifs is 2. The van der Waals surface area contributed by atoms with Crippen LogP contribution in [0, 0.1) is 13.8 Å². The fourth-order valence-electron chi connectivity index (χ4n) is 2.89. The molecule has 0 aromatic heterocycles. The molecule has 3 unspecified atom stereocenters. The van der Waals surface area contributed by atoms with E-state index in [4.69, 9.17) is 9.79 Å². The van der Waals surface area contributed by atoms with Crippen molar-refractivity contribution in [2.24, 2.45) is 0 Å². The molecule has 0 radical (unpaired) electrons. The van der Waals surface area contributed by atoms with Gasteiger partial charge >= 0.3 is 43.1 Å².